The molecule has 104 valence electrons. The molecule has 2 aliphatic carbocycles. The number of morpholine rings is 1. The van der Waals surface area contributed by atoms with Crippen LogP contribution in [0.15, 0.2) is 0 Å². The maximum atomic E-state index is 6.06. The van der Waals surface area contributed by atoms with Gasteiger partial charge < -0.3 is 9.47 Å². The van der Waals surface area contributed by atoms with Crippen LogP contribution >= 0.6 is 0 Å². The molecule has 0 aromatic heterocycles. The molecule has 3 rings (SSSR count). The number of fused-ring (bicyclic) bond motifs is 1. The van der Waals surface area contributed by atoms with Crippen molar-refractivity contribution in [3.63, 3.8) is 0 Å². The van der Waals surface area contributed by atoms with Crippen LogP contribution in [0.3, 0.4) is 0 Å². The smallest absolute Gasteiger partial charge is 0.127 e. The van der Waals surface area contributed by atoms with Gasteiger partial charge in [0.25, 0.3) is 0 Å². The Morgan fingerprint density at radius 3 is 2.06 bits per heavy atom. The van der Waals surface area contributed by atoms with Gasteiger partial charge in [-0.2, -0.15) is 0 Å². The molecule has 18 heavy (non-hydrogen) atoms. The number of nitrogens with zero attached hydrogens (tertiary/aromatic N) is 1. The first-order chi connectivity index (χ1) is 8.89. The van der Waals surface area contributed by atoms with E-state index in [1.807, 2.05) is 7.11 Å². The average molecular weight is 253 g/mol. The molecule has 1 heterocycles. The van der Waals surface area contributed by atoms with Crippen molar-refractivity contribution < 1.29 is 9.47 Å². The third-order valence-corrected chi connectivity index (χ3v) is 5.30. The maximum absolute atomic E-state index is 6.06. The molecule has 0 aromatic carbocycles. The molecule has 0 bridgehead atoms. The van der Waals surface area contributed by atoms with Crippen LogP contribution in [-0.2, 0) is 9.47 Å². The van der Waals surface area contributed by atoms with Crippen molar-refractivity contribution in [2.24, 2.45) is 11.8 Å². The van der Waals surface area contributed by atoms with Crippen LogP contribution in [0.2, 0.25) is 0 Å². The number of methoxy groups -OCH3 is 1. The summed E-state index contributed by atoms with van der Waals surface area (Å²) in [6.07, 6.45) is 9.83. The normalized spacial score (nSPS) is 42.5. The van der Waals surface area contributed by atoms with Gasteiger partial charge >= 0.3 is 0 Å². The zero-order valence-electron chi connectivity index (χ0n) is 11.7. The maximum Gasteiger partial charge on any atom is 0.127 e. The van der Waals surface area contributed by atoms with E-state index in [1.165, 1.54) is 44.9 Å². The second-order valence-corrected chi connectivity index (χ2v) is 6.11. The molecule has 0 aromatic rings. The molecule has 1 aliphatic heterocycles. The minimum atomic E-state index is 0.0844. The lowest BCUT2D eigenvalue weighted by molar-refractivity contribution is -0.115. The molecule has 2 unspecified atom stereocenters. The zero-order valence-corrected chi connectivity index (χ0v) is 11.7. The van der Waals surface area contributed by atoms with E-state index in [2.05, 4.69) is 4.90 Å². The summed E-state index contributed by atoms with van der Waals surface area (Å²) in [5, 5.41) is 0. The summed E-state index contributed by atoms with van der Waals surface area (Å²) in [6.45, 7) is 3.87. The fraction of sp³-hybridized carbons (Fsp3) is 1.00. The van der Waals surface area contributed by atoms with Crippen LogP contribution in [0, 0.1) is 11.8 Å². The fourth-order valence-electron chi connectivity index (χ4n) is 4.38. The number of hydrogen-bond acceptors (Lipinski definition) is 3. The summed E-state index contributed by atoms with van der Waals surface area (Å²) < 4.78 is 11.6. The highest BCUT2D eigenvalue weighted by Crippen LogP contribution is 2.60. The van der Waals surface area contributed by atoms with E-state index in [1.54, 1.807) is 0 Å². The first-order valence-electron chi connectivity index (χ1n) is 7.77. The van der Waals surface area contributed by atoms with E-state index in [0.717, 1.165) is 38.1 Å². The highest BCUT2D eigenvalue weighted by molar-refractivity contribution is 5.12. The van der Waals surface area contributed by atoms with Crippen LogP contribution in [0.4, 0.5) is 0 Å². The van der Waals surface area contributed by atoms with Crippen molar-refractivity contribution in [3.8, 4) is 0 Å². The highest BCUT2D eigenvalue weighted by Gasteiger charge is 2.67. The number of rotatable bonds is 2. The summed E-state index contributed by atoms with van der Waals surface area (Å²) in [4.78, 5) is 2.58. The predicted molar refractivity (Wildman–Crippen MR) is 71.4 cm³/mol. The standard InChI is InChI=1S/C15H27NO2/c1-17-15(16-9-11-18-12-10-16)13-7-5-3-2-4-6-8-14(13)15/h13-14H,2-12H2,1H3. The molecule has 0 N–H and O–H groups in total. The Morgan fingerprint density at radius 2 is 1.50 bits per heavy atom. The van der Waals surface area contributed by atoms with Crippen molar-refractivity contribution in [1.82, 2.24) is 4.90 Å². The van der Waals surface area contributed by atoms with Gasteiger partial charge in [-0.1, -0.05) is 32.1 Å². The molecule has 3 nitrogen and oxygen atoms in total. The first kappa shape index (κ1) is 12.9. The fourth-order valence-corrected chi connectivity index (χ4v) is 4.38. The van der Waals surface area contributed by atoms with Crippen molar-refractivity contribution in [2.75, 3.05) is 33.4 Å². The largest absolute Gasteiger partial charge is 0.379 e. The number of hydrogen-bond donors (Lipinski definition) is 0. The van der Waals surface area contributed by atoms with Gasteiger partial charge in [-0.05, 0) is 12.8 Å². The van der Waals surface area contributed by atoms with Gasteiger partial charge in [-0.25, -0.2) is 0 Å². The average Bonchev–Trinajstić information content (AvgIpc) is 3.02. The van der Waals surface area contributed by atoms with Crippen LogP contribution in [0.5, 0.6) is 0 Å². The van der Waals surface area contributed by atoms with E-state index < -0.39 is 0 Å². The summed E-state index contributed by atoms with van der Waals surface area (Å²) in [6, 6.07) is 0. The second-order valence-electron chi connectivity index (χ2n) is 6.11. The van der Waals surface area contributed by atoms with E-state index in [4.69, 9.17) is 9.47 Å². The van der Waals surface area contributed by atoms with Gasteiger partial charge in [0.1, 0.15) is 5.72 Å². The quantitative estimate of drug-likeness (QED) is 0.755. The Balaban J connectivity index is 1.71. The van der Waals surface area contributed by atoms with Crippen LogP contribution < -0.4 is 0 Å². The lowest BCUT2D eigenvalue weighted by Crippen LogP contribution is -2.48. The molecule has 3 fully saturated rings. The minimum absolute atomic E-state index is 0.0844. The Bertz CT molecular complexity index is 262. The van der Waals surface area contributed by atoms with Gasteiger partial charge in [0.15, 0.2) is 0 Å². The molecular weight excluding hydrogens is 226 g/mol. The molecule has 0 spiro atoms. The van der Waals surface area contributed by atoms with Gasteiger partial charge in [-0.3, -0.25) is 4.90 Å². The lowest BCUT2D eigenvalue weighted by atomic mass is 10.1. The predicted octanol–water partition coefficient (Wildman–Crippen LogP) is 2.65. The zero-order chi connectivity index (χ0) is 12.4. The Labute approximate surface area is 111 Å². The van der Waals surface area contributed by atoms with Crippen molar-refractivity contribution in [1.29, 1.82) is 0 Å². The van der Waals surface area contributed by atoms with Gasteiger partial charge in [0, 0.05) is 32.0 Å². The SMILES string of the molecule is COC1(N2CCOCC2)C2CCCCCCCC21. The third kappa shape index (κ3) is 2.10. The summed E-state index contributed by atoms with van der Waals surface area (Å²) in [5.74, 6) is 1.58. The summed E-state index contributed by atoms with van der Waals surface area (Å²) in [7, 11) is 1.92. The Kier molecular flexibility index (Phi) is 3.92. The van der Waals surface area contributed by atoms with E-state index in [9.17, 15) is 0 Å². The molecule has 2 atom stereocenters. The molecule has 2 saturated carbocycles. The molecule has 0 radical (unpaired) electrons. The Morgan fingerprint density at radius 1 is 0.944 bits per heavy atom. The number of ether oxygens (including phenoxy) is 2. The highest BCUT2D eigenvalue weighted by atomic mass is 16.5. The van der Waals surface area contributed by atoms with Gasteiger partial charge in [0.05, 0.1) is 13.2 Å². The minimum Gasteiger partial charge on any atom is -0.379 e. The summed E-state index contributed by atoms with van der Waals surface area (Å²) >= 11 is 0. The first-order valence-corrected chi connectivity index (χ1v) is 7.77. The molecule has 3 aliphatic rings. The molecular formula is C15H27NO2. The van der Waals surface area contributed by atoms with E-state index in [0.29, 0.717) is 0 Å². The van der Waals surface area contributed by atoms with Crippen LogP contribution in [0.1, 0.15) is 44.9 Å². The van der Waals surface area contributed by atoms with Crippen molar-refractivity contribution >= 4 is 0 Å². The Hall–Kier alpha value is -0.120. The molecule has 1 saturated heterocycles. The third-order valence-electron chi connectivity index (χ3n) is 5.30. The molecule has 0 amide bonds. The summed E-state index contributed by atoms with van der Waals surface area (Å²) in [5.41, 5.74) is 0.0844. The topological polar surface area (TPSA) is 21.7 Å². The van der Waals surface area contributed by atoms with Crippen LogP contribution in [-0.4, -0.2) is 44.0 Å². The van der Waals surface area contributed by atoms with Gasteiger partial charge in [0.2, 0.25) is 0 Å². The van der Waals surface area contributed by atoms with E-state index in [-0.39, 0.29) is 5.72 Å². The van der Waals surface area contributed by atoms with Gasteiger partial charge in [-0.15, -0.1) is 0 Å². The van der Waals surface area contributed by atoms with Crippen molar-refractivity contribution in [3.05, 3.63) is 0 Å². The van der Waals surface area contributed by atoms with E-state index >= 15 is 0 Å². The van der Waals surface area contributed by atoms with Crippen molar-refractivity contribution in [2.45, 2.75) is 50.7 Å². The second kappa shape index (κ2) is 5.48. The molecule has 3 heteroatoms. The lowest BCUT2D eigenvalue weighted by Gasteiger charge is -2.35. The monoisotopic (exact) mass is 253 g/mol. The van der Waals surface area contributed by atoms with Crippen LogP contribution in [0.25, 0.3) is 0 Å².